The molecule has 6 nitrogen and oxygen atoms in total. The maximum atomic E-state index is 12.1. The Kier molecular flexibility index (Phi) is 4.54. The highest BCUT2D eigenvalue weighted by Gasteiger charge is 2.33. The van der Waals surface area contributed by atoms with E-state index in [1.165, 1.54) is 12.8 Å². The van der Waals surface area contributed by atoms with Crippen molar-refractivity contribution < 1.29 is 14.7 Å². The van der Waals surface area contributed by atoms with Gasteiger partial charge in [0.15, 0.2) is 0 Å². The highest BCUT2D eigenvalue weighted by molar-refractivity contribution is 5.88. The van der Waals surface area contributed by atoms with Gasteiger partial charge in [0.2, 0.25) is 11.8 Å². The van der Waals surface area contributed by atoms with E-state index in [1.54, 1.807) is 0 Å². The maximum Gasteiger partial charge on any atom is 0.240 e. The van der Waals surface area contributed by atoms with E-state index in [1.807, 2.05) is 4.90 Å². The second-order valence-electron chi connectivity index (χ2n) is 5.01. The van der Waals surface area contributed by atoms with Gasteiger partial charge in [0.1, 0.15) is 0 Å². The summed E-state index contributed by atoms with van der Waals surface area (Å²) in [6.07, 6.45) is 2.59. The van der Waals surface area contributed by atoms with E-state index in [4.69, 9.17) is 5.11 Å². The normalized spacial score (nSPS) is 24.2. The lowest BCUT2D eigenvalue weighted by Gasteiger charge is -2.33. The molecule has 1 saturated carbocycles. The van der Waals surface area contributed by atoms with Crippen LogP contribution in [-0.2, 0) is 9.59 Å². The first kappa shape index (κ1) is 13.3. The molecule has 18 heavy (non-hydrogen) atoms. The number of carbonyl (C=O) groups is 2. The van der Waals surface area contributed by atoms with Crippen LogP contribution < -0.4 is 10.6 Å². The topological polar surface area (TPSA) is 81.7 Å². The Morgan fingerprint density at radius 3 is 2.94 bits per heavy atom. The molecule has 0 aromatic rings. The molecule has 1 atom stereocenters. The van der Waals surface area contributed by atoms with Crippen LogP contribution in [0.5, 0.6) is 0 Å². The van der Waals surface area contributed by atoms with Gasteiger partial charge in [-0.15, -0.1) is 0 Å². The molecular weight excluding hydrogens is 234 g/mol. The molecule has 0 spiro atoms. The van der Waals surface area contributed by atoms with E-state index in [0.717, 1.165) is 19.6 Å². The zero-order chi connectivity index (χ0) is 13.0. The molecule has 0 aromatic carbocycles. The van der Waals surface area contributed by atoms with Crippen molar-refractivity contribution in [1.29, 1.82) is 0 Å². The van der Waals surface area contributed by atoms with Crippen LogP contribution in [-0.4, -0.2) is 60.6 Å². The third kappa shape index (κ3) is 3.68. The summed E-state index contributed by atoms with van der Waals surface area (Å²) in [4.78, 5) is 25.5. The number of aliphatic hydroxyl groups is 1. The van der Waals surface area contributed by atoms with Crippen molar-refractivity contribution in [2.24, 2.45) is 5.92 Å². The Bertz CT molecular complexity index is 318. The van der Waals surface area contributed by atoms with Gasteiger partial charge in [0.25, 0.3) is 0 Å². The summed E-state index contributed by atoms with van der Waals surface area (Å²) in [5, 5.41) is 14.3. The van der Waals surface area contributed by atoms with Crippen LogP contribution >= 0.6 is 0 Å². The molecule has 2 fully saturated rings. The number of carbonyl (C=O) groups excluding carboxylic acids is 2. The number of nitrogens with zero attached hydrogens (tertiary/aromatic N) is 1. The molecule has 0 aromatic heterocycles. The van der Waals surface area contributed by atoms with E-state index in [0.29, 0.717) is 5.92 Å². The van der Waals surface area contributed by atoms with Gasteiger partial charge in [0, 0.05) is 26.2 Å². The minimum atomic E-state index is -0.406. The van der Waals surface area contributed by atoms with Crippen molar-refractivity contribution in [2.45, 2.75) is 25.3 Å². The zero-order valence-corrected chi connectivity index (χ0v) is 10.5. The van der Waals surface area contributed by atoms with Gasteiger partial charge >= 0.3 is 0 Å². The standard InChI is InChI=1S/C12H21N3O3/c16-6-4-14-11(17)7-10-12(18)15(5-3-13-10)8-9-1-2-9/h9-10,13,16H,1-8H2,(H,14,17). The molecule has 1 unspecified atom stereocenters. The third-order valence-corrected chi connectivity index (χ3v) is 3.38. The Morgan fingerprint density at radius 2 is 2.28 bits per heavy atom. The fraction of sp³-hybridized carbons (Fsp3) is 0.833. The first-order valence-corrected chi connectivity index (χ1v) is 6.60. The average molecular weight is 255 g/mol. The van der Waals surface area contributed by atoms with Crippen molar-refractivity contribution in [1.82, 2.24) is 15.5 Å². The molecule has 1 heterocycles. The van der Waals surface area contributed by atoms with E-state index in [9.17, 15) is 9.59 Å². The summed E-state index contributed by atoms with van der Waals surface area (Å²) in [7, 11) is 0. The van der Waals surface area contributed by atoms with Gasteiger partial charge < -0.3 is 20.6 Å². The van der Waals surface area contributed by atoms with Crippen LogP contribution in [0.15, 0.2) is 0 Å². The van der Waals surface area contributed by atoms with Gasteiger partial charge in [0.05, 0.1) is 19.1 Å². The van der Waals surface area contributed by atoms with Crippen LogP contribution in [0.4, 0.5) is 0 Å². The third-order valence-electron chi connectivity index (χ3n) is 3.38. The van der Waals surface area contributed by atoms with E-state index in [-0.39, 0.29) is 31.4 Å². The van der Waals surface area contributed by atoms with Crippen molar-refractivity contribution in [3.8, 4) is 0 Å². The van der Waals surface area contributed by atoms with E-state index in [2.05, 4.69) is 10.6 Å². The largest absolute Gasteiger partial charge is 0.395 e. The first-order valence-electron chi connectivity index (χ1n) is 6.60. The second kappa shape index (κ2) is 6.15. The van der Waals surface area contributed by atoms with E-state index < -0.39 is 6.04 Å². The predicted octanol–water partition coefficient (Wildman–Crippen LogP) is -1.30. The molecule has 2 amide bonds. The summed E-state index contributed by atoms with van der Waals surface area (Å²) >= 11 is 0. The van der Waals surface area contributed by atoms with Gasteiger partial charge in [-0.1, -0.05) is 0 Å². The smallest absolute Gasteiger partial charge is 0.240 e. The minimum Gasteiger partial charge on any atom is -0.395 e. The molecular formula is C12H21N3O3. The highest BCUT2D eigenvalue weighted by Crippen LogP contribution is 2.30. The van der Waals surface area contributed by atoms with Crippen molar-refractivity contribution >= 4 is 11.8 Å². The van der Waals surface area contributed by atoms with Crippen molar-refractivity contribution in [2.75, 3.05) is 32.8 Å². The lowest BCUT2D eigenvalue weighted by atomic mass is 10.1. The van der Waals surface area contributed by atoms with Crippen LogP contribution in [0.2, 0.25) is 0 Å². The molecule has 1 aliphatic heterocycles. The molecule has 0 radical (unpaired) electrons. The van der Waals surface area contributed by atoms with Crippen molar-refractivity contribution in [3.05, 3.63) is 0 Å². The number of piperazine rings is 1. The average Bonchev–Trinajstić information content (AvgIpc) is 3.16. The molecule has 1 aliphatic carbocycles. The molecule has 102 valence electrons. The lowest BCUT2D eigenvalue weighted by Crippen LogP contribution is -2.56. The number of hydrogen-bond acceptors (Lipinski definition) is 4. The fourth-order valence-electron chi connectivity index (χ4n) is 2.20. The molecule has 1 saturated heterocycles. The summed E-state index contributed by atoms with van der Waals surface area (Å²) in [5.41, 5.74) is 0. The summed E-state index contributed by atoms with van der Waals surface area (Å²) in [6, 6.07) is -0.406. The predicted molar refractivity (Wildman–Crippen MR) is 65.8 cm³/mol. The number of rotatable bonds is 6. The molecule has 0 bridgehead atoms. The first-order chi connectivity index (χ1) is 8.70. The number of nitrogens with one attached hydrogen (secondary N) is 2. The van der Waals surface area contributed by atoms with Gasteiger partial charge in [-0.25, -0.2) is 0 Å². The Morgan fingerprint density at radius 1 is 1.50 bits per heavy atom. The fourth-order valence-corrected chi connectivity index (χ4v) is 2.20. The van der Waals surface area contributed by atoms with Crippen LogP contribution in [0.3, 0.4) is 0 Å². The van der Waals surface area contributed by atoms with Gasteiger partial charge in [-0.2, -0.15) is 0 Å². The molecule has 6 heteroatoms. The maximum absolute atomic E-state index is 12.1. The van der Waals surface area contributed by atoms with Crippen LogP contribution in [0, 0.1) is 5.92 Å². The number of aliphatic hydroxyl groups excluding tert-OH is 1. The van der Waals surface area contributed by atoms with Gasteiger partial charge in [-0.05, 0) is 18.8 Å². The molecule has 2 aliphatic rings. The Labute approximate surface area is 107 Å². The lowest BCUT2D eigenvalue weighted by molar-refractivity contribution is -0.138. The molecule has 3 N–H and O–H groups in total. The Hall–Kier alpha value is -1.14. The Balaban J connectivity index is 1.79. The quantitative estimate of drug-likeness (QED) is 0.551. The minimum absolute atomic E-state index is 0.0345. The SMILES string of the molecule is O=C(CC1NCCN(CC2CC2)C1=O)NCCO. The molecule has 2 rings (SSSR count). The summed E-state index contributed by atoms with van der Waals surface area (Å²) in [6.45, 7) is 2.49. The van der Waals surface area contributed by atoms with E-state index >= 15 is 0 Å². The van der Waals surface area contributed by atoms with Crippen LogP contribution in [0.1, 0.15) is 19.3 Å². The zero-order valence-electron chi connectivity index (χ0n) is 10.5. The number of hydrogen-bond donors (Lipinski definition) is 3. The summed E-state index contributed by atoms with van der Waals surface area (Å²) < 4.78 is 0. The van der Waals surface area contributed by atoms with Crippen LogP contribution in [0.25, 0.3) is 0 Å². The van der Waals surface area contributed by atoms with Crippen molar-refractivity contribution in [3.63, 3.8) is 0 Å². The monoisotopic (exact) mass is 255 g/mol. The summed E-state index contributed by atoms with van der Waals surface area (Å²) in [5.74, 6) is 0.520. The number of amides is 2. The second-order valence-corrected chi connectivity index (χ2v) is 5.01. The van der Waals surface area contributed by atoms with Gasteiger partial charge in [-0.3, -0.25) is 9.59 Å². The highest BCUT2D eigenvalue weighted by atomic mass is 16.3.